The third kappa shape index (κ3) is 1.14. The third-order valence-electron chi connectivity index (χ3n) is 1.63. The minimum absolute atomic E-state index is 0.344. The molecule has 1 aliphatic rings. The van der Waals surface area contributed by atoms with Gasteiger partial charge in [-0.2, -0.15) is 0 Å². The molecule has 2 nitrogen and oxygen atoms in total. The van der Waals surface area contributed by atoms with Gasteiger partial charge >= 0.3 is 0 Å². The standard InChI is InChI=1S/C5H12NO/c1-6(2-3-6)4-5-7/h7H,2-5H2,1H3/q+1. The number of hydrogen-bond acceptors (Lipinski definition) is 1. The average Bonchev–Trinajstić information content (AvgIpc) is 2.22. The minimum atomic E-state index is 0.344. The van der Waals surface area contributed by atoms with Crippen molar-refractivity contribution in [2.45, 2.75) is 0 Å². The number of aliphatic hydroxyl groups excluding tert-OH is 1. The molecule has 0 aromatic rings. The molecule has 0 amide bonds. The predicted molar refractivity (Wildman–Crippen MR) is 27.9 cm³/mol. The van der Waals surface area contributed by atoms with Crippen LogP contribution in [-0.4, -0.2) is 42.9 Å². The smallest absolute Gasteiger partial charge is 0.129 e. The lowest BCUT2D eigenvalue weighted by atomic mass is 10.6. The molecule has 0 bridgehead atoms. The van der Waals surface area contributed by atoms with Crippen molar-refractivity contribution >= 4 is 0 Å². The van der Waals surface area contributed by atoms with Crippen LogP contribution < -0.4 is 0 Å². The van der Waals surface area contributed by atoms with Crippen LogP contribution in [0.4, 0.5) is 0 Å². The van der Waals surface area contributed by atoms with Crippen molar-refractivity contribution in [3.8, 4) is 0 Å². The fourth-order valence-electron chi connectivity index (χ4n) is 0.636. The lowest BCUT2D eigenvalue weighted by Crippen LogP contribution is -2.23. The molecule has 0 aromatic heterocycles. The molecule has 0 radical (unpaired) electrons. The largest absolute Gasteiger partial charge is 0.391 e. The second-order valence-corrected chi connectivity index (χ2v) is 2.51. The van der Waals surface area contributed by atoms with Crippen LogP contribution in [0.3, 0.4) is 0 Å². The summed E-state index contributed by atoms with van der Waals surface area (Å²) in [6.45, 7) is 3.82. The molecule has 0 aliphatic carbocycles. The summed E-state index contributed by atoms with van der Waals surface area (Å²) in [5, 5.41) is 8.43. The van der Waals surface area contributed by atoms with Crippen LogP contribution in [0, 0.1) is 0 Å². The van der Waals surface area contributed by atoms with E-state index in [0.29, 0.717) is 6.61 Å². The van der Waals surface area contributed by atoms with Crippen LogP contribution >= 0.6 is 0 Å². The fourth-order valence-corrected chi connectivity index (χ4v) is 0.636. The summed E-state index contributed by atoms with van der Waals surface area (Å²) in [6.07, 6.45) is 0. The first-order chi connectivity index (χ1) is 3.27. The zero-order valence-corrected chi connectivity index (χ0v) is 4.72. The van der Waals surface area contributed by atoms with Crippen LogP contribution in [0.25, 0.3) is 0 Å². The molecule has 0 saturated carbocycles. The molecular formula is C5H12NO+. The van der Waals surface area contributed by atoms with Crippen LogP contribution in [0.2, 0.25) is 0 Å². The van der Waals surface area contributed by atoms with Gasteiger partial charge in [-0.05, 0) is 0 Å². The van der Waals surface area contributed by atoms with Crippen LogP contribution in [-0.2, 0) is 0 Å². The van der Waals surface area contributed by atoms with Crippen molar-refractivity contribution in [2.75, 3.05) is 33.3 Å². The van der Waals surface area contributed by atoms with Gasteiger partial charge in [-0.1, -0.05) is 0 Å². The van der Waals surface area contributed by atoms with Gasteiger partial charge in [0.1, 0.15) is 19.6 Å². The molecule has 1 saturated heterocycles. The van der Waals surface area contributed by atoms with Crippen molar-refractivity contribution < 1.29 is 9.59 Å². The van der Waals surface area contributed by atoms with Crippen LogP contribution in [0.5, 0.6) is 0 Å². The van der Waals surface area contributed by atoms with E-state index in [0.717, 1.165) is 11.0 Å². The molecule has 1 aliphatic heterocycles. The van der Waals surface area contributed by atoms with E-state index in [-0.39, 0.29) is 0 Å². The van der Waals surface area contributed by atoms with Gasteiger partial charge in [0.15, 0.2) is 0 Å². The SMILES string of the molecule is C[N+]1(CCO)CC1. The molecule has 1 N–H and O–H groups in total. The van der Waals surface area contributed by atoms with E-state index in [2.05, 4.69) is 7.05 Å². The van der Waals surface area contributed by atoms with Gasteiger partial charge in [0, 0.05) is 0 Å². The third-order valence-corrected chi connectivity index (χ3v) is 1.63. The van der Waals surface area contributed by atoms with Gasteiger partial charge < -0.3 is 9.59 Å². The Hall–Kier alpha value is -0.0800. The fraction of sp³-hybridized carbons (Fsp3) is 1.00. The Morgan fingerprint density at radius 2 is 2.14 bits per heavy atom. The number of likely N-dealkylation sites (N-methyl/N-ethyl adjacent to an activating group) is 1. The van der Waals surface area contributed by atoms with E-state index in [1.165, 1.54) is 13.1 Å². The number of nitrogens with zero attached hydrogens (tertiary/aromatic N) is 1. The second kappa shape index (κ2) is 1.46. The first-order valence-corrected chi connectivity index (χ1v) is 2.71. The summed E-state index contributed by atoms with van der Waals surface area (Å²) in [5.74, 6) is 0. The molecule has 0 unspecified atom stereocenters. The number of aliphatic hydroxyl groups is 1. The Balaban J connectivity index is 2.13. The van der Waals surface area contributed by atoms with E-state index >= 15 is 0 Å². The number of rotatable bonds is 2. The van der Waals surface area contributed by atoms with Gasteiger partial charge in [-0.3, -0.25) is 0 Å². The highest BCUT2D eigenvalue weighted by atomic mass is 16.3. The highest BCUT2D eigenvalue weighted by molar-refractivity contribution is 4.49. The van der Waals surface area contributed by atoms with Gasteiger partial charge in [0.2, 0.25) is 0 Å². The van der Waals surface area contributed by atoms with Crippen LogP contribution in [0.15, 0.2) is 0 Å². The molecule has 1 heterocycles. The summed E-state index contributed by atoms with van der Waals surface area (Å²) < 4.78 is 1.09. The first kappa shape index (κ1) is 5.06. The zero-order chi connectivity index (χ0) is 5.33. The van der Waals surface area contributed by atoms with Crippen molar-refractivity contribution in [1.82, 2.24) is 0 Å². The van der Waals surface area contributed by atoms with E-state index in [1.807, 2.05) is 0 Å². The summed E-state index contributed by atoms with van der Waals surface area (Å²) in [4.78, 5) is 0. The Kier molecular flexibility index (Phi) is 1.05. The van der Waals surface area contributed by atoms with Gasteiger partial charge in [-0.15, -0.1) is 0 Å². The Morgan fingerprint density at radius 3 is 2.29 bits per heavy atom. The lowest BCUT2D eigenvalue weighted by molar-refractivity contribution is -0.777. The van der Waals surface area contributed by atoms with E-state index in [1.54, 1.807) is 0 Å². The zero-order valence-electron chi connectivity index (χ0n) is 4.72. The van der Waals surface area contributed by atoms with Crippen molar-refractivity contribution in [3.05, 3.63) is 0 Å². The van der Waals surface area contributed by atoms with Crippen LogP contribution in [0.1, 0.15) is 0 Å². The highest BCUT2D eigenvalue weighted by Gasteiger charge is 2.35. The summed E-state index contributed by atoms with van der Waals surface area (Å²) in [5.41, 5.74) is 0. The summed E-state index contributed by atoms with van der Waals surface area (Å²) >= 11 is 0. The topological polar surface area (TPSA) is 20.2 Å². The Morgan fingerprint density at radius 1 is 1.57 bits per heavy atom. The van der Waals surface area contributed by atoms with Gasteiger partial charge in [0.25, 0.3) is 0 Å². The Bertz CT molecular complexity index is 68.5. The molecule has 0 spiro atoms. The molecular weight excluding hydrogens is 90.1 g/mol. The maximum absolute atomic E-state index is 8.43. The minimum Gasteiger partial charge on any atom is -0.391 e. The monoisotopic (exact) mass is 102 g/mol. The summed E-state index contributed by atoms with van der Waals surface area (Å²) in [6, 6.07) is 0. The lowest BCUT2D eigenvalue weighted by Gasteiger charge is -2.06. The van der Waals surface area contributed by atoms with E-state index < -0.39 is 0 Å². The number of hydrogen-bond donors (Lipinski definition) is 1. The average molecular weight is 102 g/mol. The predicted octanol–water partition coefficient (Wildman–Crippen LogP) is -0.561. The summed E-state index contributed by atoms with van der Waals surface area (Å²) in [7, 11) is 2.16. The molecule has 42 valence electrons. The quantitative estimate of drug-likeness (QED) is 0.366. The van der Waals surface area contributed by atoms with Gasteiger partial charge in [-0.25, -0.2) is 0 Å². The van der Waals surface area contributed by atoms with Gasteiger partial charge in [0.05, 0.1) is 13.7 Å². The molecule has 1 rings (SSSR count). The maximum atomic E-state index is 8.43. The number of quaternary nitrogens is 1. The molecule has 0 atom stereocenters. The van der Waals surface area contributed by atoms with Crippen molar-refractivity contribution in [3.63, 3.8) is 0 Å². The van der Waals surface area contributed by atoms with Crippen molar-refractivity contribution in [1.29, 1.82) is 0 Å². The Labute approximate surface area is 44.0 Å². The molecule has 2 heteroatoms. The highest BCUT2D eigenvalue weighted by Crippen LogP contribution is 2.14. The molecule has 7 heavy (non-hydrogen) atoms. The van der Waals surface area contributed by atoms with E-state index in [9.17, 15) is 0 Å². The maximum Gasteiger partial charge on any atom is 0.129 e. The van der Waals surface area contributed by atoms with Crippen molar-refractivity contribution in [2.24, 2.45) is 0 Å². The second-order valence-electron chi connectivity index (χ2n) is 2.51. The molecule has 0 aromatic carbocycles. The first-order valence-electron chi connectivity index (χ1n) is 2.71. The van der Waals surface area contributed by atoms with E-state index in [4.69, 9.17) is 5.11 Å². The normalized spacial score (nSPS) is 24.9. The molecule has 1 fully saturated rings.